The van der Waals surface area contributed by atoms with E-state index in [1.165, 1.54) is 0 Å². The predicted octanol–water partition coefficient (Wildman–Crippen LogP) is 3.41. The number of hydrogen-bond donors (Lipinski definition) is 0. The molecule has 2 aliphatic rings. The molecule has 0 aromatic rings. The highest BCUT2D eigenvalue weighted by Crippen LogP contribution is 2.38. The fourth-order valence-corrected chi connectivity index (χ4v) is 2.92. The highest BCUT2D eigenvalue weighted by molar-refractivity contribution is 5.13. The summed E-state index contributed by atoms with van der Waals surface area (Å²) in [5.41, 5.74) is 0.942. The molecule has 4 heteroatoms. The molecule has 0 aromatic heterocycles. The Hall–Kier alpha value is -0.420. The van der Waals surface area contributed by atoms with Crippen molar-refractivity contribution in [1.29, 1.82) is 0 Å². The monoisotopic (exact) mass is 284 g/mol. The van der Waals surface area contributed by atoms with Crippen molar-refractivity contribution in [2.75, 3.05) is 13.2 Å². The van der Waals surface area contributed by atoms with E-state index in [0.29, 0.717) is 13.2 Å². The molecule has 0 saturated carbocycles. The van der Waals surface area contributed by atoms with Crippen molar-refractivity contribution in [1.82, 2.24) is 0 Å². The zero-order valence-electron chi connectivity index (χ0n) is 13.2. The van der Waals surface area contributed by atoms with Crippen LogP contribution in [0.4, 0.5) is 0 Å². The van der Waals surface area contributed by atoms with Crippen molar-refractivity contribution in [2.45, 2.75) is 77.2 Å². The Balaban J connectivity index is 1.97. The summed E-state index contributed by atoms with van der Waals surface area (Å²) in [5, 5.41) is 0. The molecule has 2 fully saturated rings. The van der Waals surface area contributed by atoms with Crippen molar-refractivity contribution in [3.05, 3.63) is 12.2 Å². The first-order chi connectivity index (χ1) is 9.53. The van der Waals surface area contributed by atoms with Crippen LogP contribution < -0.4 is 0 Å². The lowest BCUT2D eigenvalue weighted by Crippen LogP contribution is -2.33. The molecule has 2 saturated heterocycles. The van der Waals surface area contributed by atoms with Gasteiger partial charge in [-0.15, -0.1) is 0 Å². The van der Waals surface area contributed by atoms with Gasteiger partial charge in [-0.25, -0.2) is 0 Å². The second-order valence-corrected chi connectivity index (χ2v) is 5.65. The van der Waals surface area contributed by atoms with Crippen LogP contribution in [0.1, 0.15) is 53.4 Å². The lowest BCUT2D eigenvalue weighted by atomic mass is 10.1. The Bertz CT molecular complexity index is 312. The van der Waals surface area contributed by atoms with Crippen LogP contribution in [0.15, 0.2) is 12.2 Å². The first-order valence-electron chi connectivity index (χ1n) is 7.86. The normalized spacial score (nSPS) is 31.6. The van der Waals surface area contributed by atoms with Gasteiger partial charge in [0.25, 0.3) is 0 Å². The van der Waals surface area contributed by atoms with E-state index in [9.17, 15) is 0 Å². The maximum Gasteiger partial charge on any atom is 0.168 e. The first-order valence-corrected chi connectivity index (χ1v) is 7.86. The summed E-state index contributed by atoms with van der Waals surface area (Å²) < 4.78 is 23.9. The van der Waals surface area contributed by atoms with Gasteiger partial charge in [0.15, 0.2) is 11.6 Å². The van der Waals surface area contributed by atoms with Gasteiger partial charge in [0.05, 0.1) is 13.2 Å². The molecule has 0 radical (unpaired) electrons. The Morgan fingerprint density at radius 2 is 1.20 bits per heavy atom. The molecule has 0 bridgehead atoms. The topological polar surface area (TPSA) is 36.9 Å². The fourth-order valence-electron chi connectivity index (χ4n) is 2.92. The minimum Gasteiger partial charge on any atom is -0.347 e. The quantitative estimate of drug-likeness (QED) is 0.700. The summed E-state index contributed by atoms with van der Waals surface area (Å²) >= 11 is 0. The average Bonchev–Trinajstić information content (AvgIpc) is 3.12. The first kappa shape index (κ1) is 16.0. The van der Waals surface area contributed by atoms with Gasteiger partial charge >= 0.3 is 0 Å². The Morgan fingerprint density at radius 3 is 1.45 bits per heavy atom. The molecule has 0 amide bonds. The molecule has 2 aliphatic heterocycles. The van der Waals surface area contributed by atoms with E-state index in [0.717, 1.165) is 31.3 Å². The lowest BCUT2D eigenvalue weighted by Gasteiger charge is -2.27. The van der Waals surface area contributed by atoms with Gasteiger partial charge in [0.2, 0.25) is 0 Å². The zero-order valence-corrected chi connectivity index (χ0v) is 13.2. The molecule has 0 unspecified atom stereocenters. The summed E-state index contributed by atoms with van der Waals surface area (Å²) in [7, 11) is 0. The number of hydrogen-bond acceptors (Lipinski definition) is 4. The highest BCUT2D eigenvalue weighted by atomic mass is 16.8. The van der Waals surface area contributed by atoms with Gasteiger partial charge in [0, 0.05) is 0 Å². The molecule has 4 nitrogen and oxygen atoms in total. The molecule has 116 valence electrons. The average molecular weight is 284 g/mol. The van der Waals surface area contributed by atoms with E-state index in [-0.39, 0.29) is 12.2 Å². The van der Waals surface area contributed by atoms with Crippen LogP contribution >= 0.6 is 0 Å². The largest absolute Gasteiger partial charge is 0.347 e. The van der Waals surface area contributed by atoms with Crippen LogP contribution in [0.3, 0.4) is 0 Å². The van der Waals surface area contributed by atoms with Crippen molar-refractivity contribution < 1.29 is 18.9 Å². The fraction of sp³-hybridized carbons (Fsp3) is 0.875. The third-order valence-corrected chi connectivity index (χ3v) is 4.69. The molecular formula is C16H28O4. The molecule has 2 heterocycles. The molecular weight excluding hydrogens is 256 g/mol. The second-order valence-electron chi connectivity index (χ2n) is 5.65. The van der Waals surface area contributed by atoms with Gasteiger partial charge in [0.1, 0.15) is 12.2 Å². The van der Waals surface area contributed by atoms with Gasteiger partial charge in [-0.1, -0.05) is 34.3 Å². The van der Waals surface area contributed by atoms with E-state index in [1.54, 1.807) is 0 Å². The zero-order chi connectivity index (χ0) is 14.8. The smallest absolute Gasteiger partial charge is 0.168 e. The van der Waals surface area contributed by atoms with Gasteiger partial charge in [-0.05, 0) is 31.3 Å². The molecule has 0 N–H and O–H groups in total. The van der Waals surface area contributed by atoms with Gasteiger partial charge in [-0.3, -0.25) is 0 Å². The SMILES string of the molecule is C=C([C@H]1COC(CC)(CC)O1)[C@H]1COC(CC)(CC)O1. The van der Waals surface area contributed by atoms with Crippen molar-refractivity contribution in [3.8, 4) is 0 Å². The van der Waals surface area contributed by atoms with E-state index in [2.05, 4.69) is 34.3 Å². The van der Waals surface area contributed by atoms with E-state index >= 15 is 0 Å². The highest BCUT2D eigenvalue weighted by Gasteiger charge is 2.45. The van der Waals surface area contributed by atoms with Gasteiger partial charge < -0.3 is 18.9 Å². The lowest BCUT2D eigenvalue weighted by molar-refractivity contribution is -0.176. The summed E-state index contributed by atoms with van der Waals surface area (Å²) in [6.45, 7) is 13.6. The summed E-state index contributed by atoms with van der Waals surface area (Å²) in [5.74, 6) is -0.890. The van der Waals surface area contributed by atoms with Crippen molar-refractivity contribution >= 4 is 0 Å². The predicted molar refractivity (Wildman–Crippen MR) is 77.4 cm³/mol. The van der Waals surface area contributed by atoms with Crippen molar-refractivity contribution in [2.24, 2.45) is 0 Å². The third kappa shape index (κ3) is 2.80. The van der Waals surface area contributed by atoms with Crippen LogP contribution in [0.25, 0.3) is 0 Å². The molecule has 0 aliphatic carbocycles. The number of rotatable bonds is 6. The van der Waals surface area contributed by atoms with Crippen LogP contribution in [0, 0.1) is 0 Å². The summed E-state index contributed by atoms with van der Waals surface area (Å²) in [6, 6.07) is 0. The molecule has 2 atom stereocenters. The molecule has 0 spiro atoms. The second kappa shape index (κ2) is 6.14. The summed E-state index contributed by atoms with van der Waals surface area (Å²) in [6.07, 6.45) is 3.22. The van der Waals surface area contributed by atoms with Gasteiger partial charge in [-0.2, -0.15) is 0 Å². The van der Waals surface area contributed by atoms with Crippen LogP contribution in [-0.2, 0) is 18.9 Å². The maximum absolute atomic E-state index is 6.10. The minimum absolute atomic E-state index is 0.0898. The van der Waals surface area contributed by atoms with Crippen molar-refractivity contribution in [3.63, 3.8) is 0 Å². The number of ether oxygens (including phenoxy) is 4. The van der Waals surface area contributed by atoms with E-state index in [1.807, 2.05) is 0 Å². The Kier molecular flexibility index (Phi) is 4.90. The molecule has 20 heavy (non-hydrogen) atoms. The van der Waals surface area contributed by atoms with E-state index in [4.69, 9.17) is 18.9 Å². The molecule has 0 aromatic carbocycles. The third-order valence-electron chi connectivity index (χ3n) is 4.69. The Labute approximate surface area is 122 Å². The Morgan fingerprint density at radius 1 is 0.850 bits per heavy atom. The van der Waals surface area contributed by atoms with Crippen LogP contribution in [0.5, 0.6) is 0 Å². The van der Waals surface area contributed by atoms with Crippen LogP contribution in [-0.4, -0.2) is 37.0 Å². The maximum atomic E-state index is 6.10. The molecule has 2 rings (SSSR count). The standard InChI is InChI=1S/C16H28O4/c1-6-15(7-2)17-10-13(19-15)12(5)14-11-18-16(8-3,9-4)20-14/h13-14H,5-11H2,1-4H3/t13-,14-/m1/s1. The van der Waals surface area contributed by atoms with E-state index < -0.39 is 11.6 Å². The minimum atomic E-state index is -0.445. The summed E-state index contributed by atoms with van der Waals surface area (Å²) in [4.78, 5) is 0. The van der Waals surface area contributed by atoms with Crippen LogP contribution in [0.2, 0.25) is 0 Å².